The van der Waals surface area contributed by atoms with E-state index in [1.165, 1.54) is 5.56 Å². The first-order chi connectivity index (χ1) is 7.56. The Hall–Kier alpha value is -0.830. The summed E-state index contributed by atoms with van der Waals surface area (Å²) in [5, 5.41) is 0. The van der Waals surface area contributed by atoms with Gasteiger partial charge in [-0.1, -0.05) is 38.1 Å². The molecule has 0 saturated carbocycles. The van der Waals surface area contributed by atoms with Gasteiger partial charge in [-0.15, -0.1) is 0 Å². The van der Waals surface area contributed by atoms with Crippen LogP contribution in [0.15, 0.2) is 24.3 Å². The molecule has 0 aromatic heterocycles. The highest BCUT2D eigenvalue weighted by molar-refractivity contribution is 9.09. The normalized spacial score (nSPS) is 12.6. The molecule has 2 nitrogen and oxygen atoms in total. The van der Waals surface area contributed by atoms with E-state index in [0.717, 1.165) is 5.56 Å². The fourth-order valence-corrected chi connectivity index (χ4v) is 1.71. The number of hydrogen-bond acceptors (Lipinski definition) is 2. The third kappa shape index (κ3) is 3.34. The average Bonchev–Trinajstić information content (AvgIpc) is 2.28. The van der Waals surface area contributed by atoms with Crippen molar-refractivity contribution in [3.8, 4) is 0 Å². The highest BCUT2D eigenvalue weighted by Crippen LogP contribution is 2.20. The van der Waals surface area contributed by atoms with Crippen LogP contribution in [0.3, 0.4) is 0 Å². The van der Waals surface area contributed by atoms with Crippen LogP contribution in [0.4, 0.5) is 0 Å². The van der Waals surface area contributed by atoms with E-state index in [-0.39, 0.29) is 17.4 Å². The lowest BCUT2D eigenvalue weighted by molar-refractivity contribution is -0.142. The summed E-state index contributed by atoms with van der Waals surface area (Å²) in [5.74, 6) is 0.104. The zero-order valence-corrected chi connectivity index (χ0v) is 11.5. The van der Waals surface area contributed by atoms with Gasteiger partial charge < -0.3 is 4.74 Å². The van der Waals surface area contributed by atoms with E-state index >= 15 is 0 Å². The average molecular weight is 285 g/mol. The van der Waals surface area contributed by atoms with Crippen molar-refractivity contribution in [2.45, 2.75) is 32.6 Å². The van der Waals surface area contributed by atoms with Gasteiger partial charge in [0.05, 0.1) is 5.92 Å². The van der Waals surface area contributed by atoms with Crippen LogP contribution < -0.4 is 0 Å². The predicted octanol–water partition coefficient (Wildman–Crippen LogP) is 3.81. The van der Waals surface area contributed by atoms with Crippen molar-refractivity contribution in [1.29, 1.82) is 0 Å². The van der Waals surface area contributed by atoms with Gasteiger partial charge in [0.1, 0.15) is 5.52 Å². The Labute approximate surface area is 105 Å². The van der Waals surface area contributed by atoms with Crippen molar-refractivity contribution in [1.82, 2.24) is 0 Å². The van der Waals surface area contributed by atoms with Crippen molar-refractivity contribution >= 4 is 21.9 Å². The van der Waals surface area contributed by atoms with Crippen LogP contribution in [0.25, 0.3) is 0 Å². The first-order valence-electron chi connectivity index (χ1n) is 5.38. The molecule has 88 valence electrons. The van der Waals surface area contributed by atoms with Crippen molar-refractivity contribution < 1.29 is 9.53 Å². The number of rotatable bonds is 4. The Bertz CT molecular complexity index is 343. The van der Waals surface area contributed by atoms with Crippen molar-refractivity contribution in [3.05, 3.63) is 35.4 Å². The maximum absolute atomic E-state index is 11.5. The summed E-state index contributed by atoms with van der Waals surface area (Å²) in [4.78, 5) is 11.5. The van der Waals surface area contributed by atoms with Gasteiger partial charge in [-0.25, -0.2) is 0 Å². The van der Waals surface area contributed by atoms with Gasteiger partial charge in [-0.3, -0.25) is 4.79 Å². The van der Waals surface area contributed by atoms with Crippen LogP contribution in [0.2, 0.25) is 0 Å². The number of hydrogen-bond donors (Lipinski definition) is 0. The molecular weight excluding hydrogens is 268 g/mol. The van der Waals surface area contributed by atoms with Gasteiger partial charge in [0.25, 0.3) is 0 Å². The molecule has 1 aromatic carbocycles. The molecule has 0 radical (unpaired) electrons. The quantitative estimate of drug-likeness (QED) is 0.621. The third-order valence-electron chi connectivity index (χ3n) is 2.65. The summed E-state index contributed by atoms with van der Waals surface area (Å²) in [7, 11) is 0. The molecule has 1 atom stereocenters. The van der Waals surface area contributed by atoms with Gasteiger partial charge in [0.15, 0.2) is 0 Å². The Morgan fingerprint density at radius 3 is 2.12 bits per heavy atom. The fourth-order valence-electron chi connectivity index (χ4n) is 1.48. The molecule has 0 spiro atoms. The van der Waals surface area contributed by atoms with Gasteiger partial charge in [0.2, 0.25) is 0 Å². The summed E-state index contributed by atoms with van der Waals surface area (Å²) in [5.41, 5.74) is 2.53. The zero-order valence-electron chi connectivity index (χ0n) is 9.87. The van der Waals surface area contributed by atoms with Crippen LogP contribution in [0, 0.1) is 0 Å². The maximum atomic E-state index is 11.5. The topological polar surface area (TPSA) is 26.3 Å². The lowest BCUT2D eigenvalue weighted by atomic mass is 9.96. The number of benzene rings is 1. The predicted molar refractivity (Wildman–Crippen MR) is 68.8 cm³/mol. The van der Waals surface area contributed by atoms with E-state index in [2.05, 4.69) is 41.9 Å². The molecule has 0 aliphatic rings. The van der Waals surface area contributed by atoms with Crippen molar-refractivity contribution in [2.75, 3.05) is 5.52 Å². The fraction of sp³-hybridized carbons (Fsp3) is 0.462. The number of ether oxygens (including phenoxy) is 1. The number of carbonyl (C=O) groups is 1. The van der Waals surface area contributed by atoms with Gasteiger partial charge in [0, 0.05) is 0 Å². The van der Waals surface area contributed by atoms with Gasteiger partial charge in [-0.05, 0) is 39.9 Å². The molecule has 0 aliphatic carbocycles. The smallest absolute Gasteiger partial charge is 0.313 e. The molecule has 1 aromatic rings. The monoisotopic (exact) mass is 284 g/mol. The van der Waals surface area contributed by atoms with E-state index < -0.39 is 0 Å². The SMILES string of the molecule is CC(C)c1ccc([C@H](C)C(=O)OCBr)cc1. The molecule has 3 heteroatoms. The molecule has 0 saturated heterocycles. The van der Waals surface area contributed by atoms with E-state index in [0.29, 0.717) is 5.92 Å². The van der Waals surface area contributed by atoms with E-state index in [1.54, 1.807) is 0 Å². The summed E-state index contributed by atoms with van der Waals surface area (Å²) < 4.78 is 4.91. The second-order valence-electron chi connectivity index (χ2n) is 4.12. The summed E-state index contributed by atoms with van der Waals surface area (Å²) in [6, 6.07) is 8.13. The minimum absolute atomic E-state index is 0.200. The zero-order chi connectivity index (χ0) is 12.1. The molecule has 0 aliphatic heterocycles. The van der Waals surface area contributed by atoms with Crippen LogP contribution in [-0.2, 0) is 9.53 Å². The summed E-state index contributed by atoms with van der Waals surface area (Å²) in [6.45, 7) is 6.16. The first kappa shape index (κ1) is 13.2. The van der Waals surface area contributed by atoms with Gasteiger partial charge in [-0.2, -0.15) is 0 Å². The standard InChI is InChI=1S/C13H17BrO2/c1-9(2)11-4-6-12(7-5-11)10(3)13(15)16-8-14/h4-7,9-10H,8H2,1-3H3/t10-/m0/s1. The number of alkyl halides is 1. The second kappa shape index (κ2) is 6.04. The highest BCUT2D eigenvalue weighted by Gasteiger charge is 2.16. The number of halogens is 1. The van der Waals surface area contributed by atoms with Gasteiger partial charge >= 0.3 is 5.97 Å². The van der Waals surface area contributed by atoms with E-state index in [9.17, 15) is 4.79 Å². The highest BCUT2D eigenvalue weighted by atomic mass is 79.9. The lowest BCUT2D eigenvalue weighted by Crippen LogP contribution is -2.12. The molecule has 0 heterocycles. The van der Waals surface area contributed by atoms with Crippen molar-refractivity contribution in [2.24, 2.45) is 0 Å². The summed E-state index contributed by atoms with van der Waals surface area (Å²) in [6.07, 6.45) is 0. The Kier molecular flexibility index (Phi) is 5.00. The summed E-state index contributed by atoms with van der Waals surface area (Å²) >= 11 is 3.08. The largest absolute Gasteiger partial charge is 0.454 e. The second-order valence-corrected chi connectivity index (χ2v) is 4.57. The van der Waals surface area contributed by atoms with Crippen LogP contribution in [0.1, 0.15) is 43.7 Å². The number of esters is 1. The lowest BCUT2D eigenvalue weighted by Gasteiger charge is -2.12. The molecule has 16 heavy (non-hydrogen) atoms. The molecule has 1 rings (SSSR count). The van der Waals surface area contributed by atoms with Crippen LogP contribution >= 0.6 is 15.9 Å². The Morgan fingerprint density at radius 2 is 1.69 bits per heavy atom. The molecule has 0 amide bonds. The van der Waals surface area contributed by atoms with Crippen molar-refractivity contribution in [3.63, 3.8) is 0 Å². The molecule has 0 N–H and O–H groups in total. The minimum Gasteiger partial charge on any atom is -0.454 e. The third-order valence-corrected chi connectivity index (χ3v) is 2.88. The first-order valence-corrected chi connectivity index (χ1v) is 6.51. The molecule has 0 unspecified atom stereocenters. The number of carbonyl (C=O) groups excluding carboxylic acids is 1. The minimum atomic E-state index is -0.209. The van der Waals surface area contributed by atoms with Crippen LogP contribution in [-0.4, -0.2) is 11.5 Å². The van der Waals surface area contributed by atoms with E-state index in [1.807, 2.05) is 19.1 Å². The Morgan fingerprint density at radius 1 is 1.19 bits per heavy atom. The maximum Gasteiger partial charge on any atom is 0.313 e. The molecule has 0 bridgehead atoms. The van der Waals surface area contributed by atoms with E-state index in [4.69, 9.17) is 4.74 Å². The van der Waals surface area contributed by atoms with Crippen LogP contribution in [0.5, 0.6) is 0 Å². The Balaban J connectivity index is 2.77. The molecule has 0 fully saturated rings. The molecular formula is C13H17BrO2.